The van der Waals surface area contributed by atoms with Gasteiger partial charge >= 0.3 is 0 Å². The average Bonchev–Trinajstić information content (AvgIpc) is 2.65. The number of hydrogen-bond donors (Lipinski definition) is 0. The van der Waals surface area contributed by atoms with E-state index in [2.05, 4.69) is 9.88 Å². The van der Waals surface area contributed by atoms with Crippen LogP contribution in [0.15, 0.2) is 6.20 Å². The van der Waals surface area contributed by atoms with E-state index in [4.69, 9.17) is 0 Å². The highest BCUT2D eigenvalue weighted by Crippen LogP contribution is 2.23. The third kappa shape index (κ3) is 2.78. The molecule has 15 heavy (non-hydrogen) atoms. The summed E-state index contributed by atoms with van der Waals surface area (Å²) in [6, 6.07) is 0. The van der Waals surface area contributed by atoms with Crippen LogP contribution >= 0.6 is 11.3 Å². The van der Waals surface area contributed by atoms with Crippen LogP contribution in [0.25, 0.3) is 0 Å². The van der Waals surface area contributed by atoms with E-state index >= 15 is 0 Å². The zero-order valence-electron chi connectivity index (χ0n) is 8.82. The summed E-state index contributed by atoms with van der Waals surface area (Å²) < 4.78 is 0. The van der Waals surface area contributed by atoms with E-state index in [1.54, 1.807) is 6.20 Å². The number of hydrogen-bond acceptors (Lipinski definition) is 4. The van der Waals surface area contributed by atoms with Crippen LogP contribution < -0.4 is 4.90 Å². The quantitative estimate of drug-likeness (QED) is 0.724. The number of thiazole rings is 1. The minimum atomic E-state index is 0.729. The normalized spacial score (nSPS) is 18.3. The van der Waals surface area contributed by atoms with E-state index in [1.807, 2.05) is 0 Å². The smallest absolute Gasteiger partial charge is 0.185 e. The van der Waals surface area contributed by atoms with Crippen molar-refractivity contribution in [2.45, 2.75) is 32.1 Å². The monoisotopic (exact) mass is 224 g/mol. The van der Waals surface area contributed by atoms with Crippen LogP contribution in [0.2, 0.25) is 0 Å². The first-order valence-corrected chi connectivity index (χ1v) is 6.38. The van der Waals surface area contributed by atoms with E-state index in [0.29, 0.717) is 0 Å². The van der Waals surface area contributed by atoms with Crippen molar-refractivity contribution in [2.24, 2.45) is 0 Å². The van der Waals surface area contributed by atoms with Crippen LogP contribution in [-0.4, -0.2) is 24.4 Å². The predicted molar refractivity (Wildman–Crippen MR) is 62.8 cm³/mol. The van der Waals surface area contributed by atoms with Crippen molar-refractivity contribution < 1.29 is 4.79 Å². The molecule has 1 aliphatic rings. The first-order valence-electron chi connectivity index (χ1n) is 5.56. The lowest BCUT2D eigenvalue weighted by Gasteiger charge is -2.23. The fraction of sp³-hybridized carbons (Fsp3) is 0.636. The minimum Gasteiger partial charge on any atom is -0.348 e. The molecule has 0 aliphatic carbocycles. The van der Waals surface area contributed by atoms with Gasteiger partial charge in [0.1, 0.15) is 0 Å². The van der Waals surface area contributed by atoms with Crippen LogP contribution in [0.1, 0.15) is 41.8 Å². The Morgan fingerprint density at radius 3 is 2.47 bits per heavy atom. The second-order valence-electron chi connectivity index (χ2n) is 3.92. The third-order valence-electron chi connectivity index (χ3n) is 2.75. The summed E-state index contributed by atoms with van der Waals surface area (Å²) in [5, 5.41) is 1.01. The number of nitrogens with zero attached hydrogens (tertiary/aromatic N) is 2. The van der Waals surface area contributed by atoms with Crippen molar-refractivity contribution in [3.05, 3.63) is 11.1 Å². The number of anilines is 1. The van der Waals surface area contributed by atoms with Gasteiger partial charge < -0.3 is 4.90 Å². The number of aldehydes is 1. The summed E-state index contributed by atoms with van der Waals surface area (Å²) in [5.74, 6) is 0. The zero-order chi connectivity index (χ0) is 10.5. The molecule has 0 spiro atoms. The molecule has 82 valence electrons. The molecule has 0 saturated carbocycles. The molecule has 0 N–H and O–H groups in total. The molecular weight excluding hydrogens is 208 g/mol. The number of carbonyl (C=O) groups excluding carboxylic acids is 1. The van der Waals surface area contributed by atoms with Gasteiger partial charge in [-0.2, -0.15) is 0 Å². The zero-order valence-corrected chi connectivity index (χ0v) is 9.63. The molecule has 0 aromatic carbocycles. The molecule has 0 amide bonds. The van der Waals surface area contributed by atoms with E-state index in [9.17, 15) is 4.79 Å². The summed E-state index contributed by atoms with van der Waals surface area (Å²) >= 11 is 1.50. The average molecular weight is 224 g/mol. The van der Waals surface area contributed by atoms with Gasteiger partial charge in [-0.25, -0.2) is 4.98 Å². The predicted octanol–water partition coefficient (Wildman–Crippen LogP) is 2.73. The largest absolute Gasteiger partial charge is 0.348 e. The van der Waals surface area contributed by atoms with Gasteiger partial charge in [-0.05, 0) is 12.8 Å². The lowest BCUT2D eigenvalue weighted by atomic mass is 10.1. The molecule has 2 rings (SSSR count). The van der Waals surface area contributed by atoms with Gasteiger partial charge in [0, 0.05) is 13.1 Å². The van der Waals surface area contributed by atoms with Gasteiger partial charge in [-0.15, -0.1) is 0 Å². The van der Waals surface area contributed by atoms with E-state index in [-0.39, 0.29) is 0 Å². The molecule has 2 heterocycles. The highest BCUT2D eigenvalue weighted by Gasteiger charge is 2.12. The minimum absolute atomic E-state index is 0.729. The standard InChI is InChI=1S/C11H16N2OS/c14-9-10-8-12-11(15-10)13-6-4-2-1-3-5-7-13/h8-9H,1-7H2. The molecule has 0 bridgehead atoms. The molecule has 4 heteroatoms. The maximum absolute atomic E-state index is 10.6. The van der Waals surface area contributed by atoms with Crippen LogP contribution in [0.5, 0.6) is 0 Å². The van der Waals surface area contributed by atoms with Crippen molar-refractivity contribution in [1.82, 2.24) is 4.98 Å². The second kappa shape index (κ2) is 5.26. The highest BCUT2D eigenvalue weighted by molar-refractivity contribution is 7.17. The van der Waals surface area contributed by atoms with Crippen molar-refractivity contribution in [2.75, 3.05) is 18.0 Å². The van der Waals surface area contributed by atoms with Crippen molar-refractivity contribution >= 4 is 22.8 Å². The highest BCUT2D eigenvalue weighted by atomic mass is 32.1. The SMILES string of the molecule is O=Cc1cnc(N2CCCCCCC2)s1. The molecule has 1 aromatic heterocycles. The van der Waals surface area contributed by atoms with Gasteiger partial charge in [0.15, 0.2) is 11.4 Å². The molecule has 1 saturated heterocycles. The Labute approximate surface area is 94.1 Å². The van der Waals surface area contributed by atoms with Gasteiger partial charge in [0.25, 0.3) is 0 Å². The van der Waals surface area contributed by atoms with E-state index in [1.165, 1.54) is 43.4 Å². The Hall–Kier alpha value is -0.900. The van der Waals surface area contributed by atoms with Gasteiger partial charge in [0.05, 0.1) is 11.1 Å². The molecule has 1 aliphatic heterocycles. The summed E-state index contributed by atoms with van der Waals surface area (Å²) in [6.45, 7) is 2.18. The van der Waals surface area contributed by atoms with Crippen molar-refractivity contribution in [3.63, 3.8) is 0 Å². The topological polar surface area (TPSA) is 33.2 Å². The first kappa shape index (κ1) is 10.6. The third-order valence-corrected chi connectivity index (χ3v) is 3.74. The van der Waals surface area contributed by atoms with E-state index < -0.39 is 0 Å². The maximum atomic E-state index is 10.6. The maximum Gasteiger partial charge on any atom is 0.185 e. The molecule has 0 radical (unpaired) electrons. The van der Waals surface area contributed by atoms with Crippen LogP contribution in [0, 0.1) is 0 Å². The summed E-state index contributed by atoms with van der Waals surface area (Å²) in [4.78, 5) is 17.9. The second-order valence-corrected chi connectivity index (χ2v) is 4.96. The van der Waals surface area contributed by atoms with Gasteiger partial charge in [-0.3, -0.25) is 4.79 Å². The number of rotatable bonds is 2. The molecule has 1 fully saturated rings. The fourth-order valence-electron chi connectivity index (χ4n) is 1.92. The Balaban J connectivity index is 2.03. The molecule has 3 nitrogen and oxygen atoms in total. The fourth-order valence-corrected chi connectivity index (χ4v) is 2.70. The van der Waals surface area contributed by atoms with Gasteiger partial charge in [-0.1, -0.05) is 30.6 Å². The van der Waals surface area contributed by atoms with Gasteiger partial charge in [0.2, 0.25) is 0 Å². The summed E-state index contributed by atoms with van der Waals surface area (Å²) in [7, 11) is 0. The molecular formula is C11H16N2OS. The lowest BCUT2D eigenvalue weighted by molar-refractivity contribution is 0.112. The molecule has 0 atom stereocenters. The Kier molecular flexibility index (Phi) is 3.72. The summed E-state index contributed by atoms with van der Waals surface area (Å²) in [6.07, 6.45) is 9.05. The van der Waals surface area contributed by atoms with Crippen molar-refractivity contribution in [1.29, 1.82) is 0 Å². The van der Waals surface area contributed by atoms with Crippen LogP contribution in [0.4, 0.5) is 5.13 Å². The van der Waals surface area contributed by atoms with Crippen LogP contribution in [-0.2, 0) is 0 Å². The lowest BCUT2D eigenvalue weighted by Crippen LogP contribution is -2.26. The molecule has 0 unspecified atom stereocenters. The number of carbonyl (C=O) groups is 1. The van der Waals surface area contributed by atoms with Crippen LogP contribution in [0.3, 0.4) is 0 Å². The van der Waals surface area contributed by atoms with Crippen molar-refractivity contribution in [3.8, 4) is 0 Å². The summed E-state index contributed by atoms with van der Waals surface area (Å²) in [5.41, 5.74) is 0. The molecule has 1 aromatic rings. The number of aromatic nitrogens is 1. The Bertz CT molecular complexity index is 316. The Morgan fingerprint density at radius 2 is 1.87 bits per heavy atom. The van der Waals surface area contributed by atoms with E-state index in [0.717, 1.165) is 29.4 Å². The first-order chi connectivity index (χ1) is 7.40. The Morgan fingerprint density at radius 1 is 1.20 bits per heavy atom.